The number of halogens is 1. The molecule has 0 atom stereocenters. The summed E-state index contributed by atoms with van der Waals surface area (Å²) in [6.07, 6.45) is 3.93. The third-order valence-corrected chi connectivity index (χ3v) is 3.55. The van der Waals surface area contributed by atoms with Crippen molar-refractivity contribution in [2.75, 3.05) is 18.4 Å². The van der Waals surface area contributed by atoms with Crippen molar-refractivity contribution < 1.29 is 4.79 Å². The zero-order chi connectivity index (χ0) is 12.1. The molecule has 1 aromatic rings. The highest BCUT2D eigenvalue weighted by Crippen LogP contribution is 2.31. The standard InChI is InChI=1S/C13H17BrN2O/c14-11-3-1-2-4-12(11)16-13(17)9-15-8-7-10-5-6-10/h1-4,10,15H,5-9H2,(H,16,17). The molecule has 3 nitrogen and oxygen atoms in total. The van der Waals surface area contributed by atoms with Crippen LogP contribution in [0.25, 0.3) is 0 Å². The molecule has 2 N–H and O–H groups in total. The Kier molecular flexibility index (Phi) is 4.57. The van der Waals surface area contributed by atoms with Gasteiger partial charge in [0.2, 0.25) is 5.91 Å². The fourth-order valence-electron chi connectivity index (χ4n) is 1.67. The van der Waals surface area contributed by atoms with Gasteiger partial charge in [0.25, 0.3) is 0 Å². The molecule has 92 valence electrons. The Morgan fingerprint density at radius 2 is 2.12 bits per heavy atom. The molecule has 0 aromatic heterocycles. The van der Waals surface area contributed by atoms with Crippen molar-refractivity contribution in [2.24, 2.45) is 5.92 Å². The van der Waals surface area contributed by atoms with Crippen LogP contribution in [0.3, 0.4) is 0 Å². The maximum absolute atomic E-state index is 11.6. The van der Waals surface area contributed by atoms with E-state index in [0.717, 1.165) is 22.6 Å². The number of hydrogen-bond acceptors (Lipinski definition) is 2. The van der Waals surface area contributed by atoms with E-state index in [1.807, 2.05) is 24.3 Å². The first kappa shape index (κ1) is 12.6. The molecule has 4 heteroatoms. The van der Waals surface area contributed by atoms with E-state index >= 15 is 0 Å². The second-order valence-electron chi connectivity index (χ2n) is 4.44. The monoisotopic (exact) mass is 296 g/mol. The highest BCUT2D eigenvalue weighted by Gasteiger charge is 2.20. The molecule has 1 aliphatic carbocycles. The van der Waals surface area contributed by atoms with Crippen molar-refractivity contribution in [1.29, 1.82) is 0 Å². The number of rotatable bonds is 6. The molecule has 1 amide bonds. The van der Waals surface area contributed by atoms with Crippen LogP contribution in [0, 0.1) is 5.92 Å². The van der Waals surface area contributed by atoms with Gasteiger partial charge in [-0.1, -0.05) is 25.0 Å². The van der Waals surface area contributed by atoms with E-state index in [-0.39, 0.29) is 5.91 Å². The summed E-state index contributed by atoms with van der Waals surface area (Å²) in [5.74, 6) is 0.918. The van der Waals surface area contributed by atoms with Gasteiger partial charge < -0.3 is 10.6 Å². The van der Waals surface area contributed by atoms with Crippen LogP contribution < -0.4 is 10.6 Å². The lowest BCUT2D eigenvalue weighted by atomic mass is 10.3. The highest BCUT2D eigenvalue weighted by molar-refractivity contribution is 9.10. The van der Waals surface area contributed by atoms with Gasteiger partial charge in [0.15, 0.2) is 0 Å². The maximum Gasteiger partial charge on any atom is 0.238 e. The quantitative estimate of drug-likeness (QED) is 0.793. The van der Waals surface area contributed by atoms with E-state index < -0.39 is 0 Å². The highest BCUT2D eigenvalue weighted by atomic mass is 79.9. The summed E-state index contributed by atoms with van der Waals surface area (Å²) < 4.78 is 0.909. The largest absolute Gasteiger partial charge is 0.324 e. The fraction of sp³-hybridized carbons (Fsp3) is 0.462. The first-order chi connectivity index (χ1) is 8.25. The summed E-state index contributed by atoms with van der Waals surface area (Å²) in [6, 6.07) is 7.62. The van der Waals surface area contributed by atoms with Crippen LogP contribution in [0.4, 0.5) is 5.69 Å². The van der Waals surface area contributed by atoms with E-state index in [1.165, 1.54) is 19.3 Å². The first-order valence-corrected chi connectivity index (χ1v) is 6.80. The van der Waals surface area contributed by atoms with Crippen LogP contribution in [-0.4, -0.2) is 19.0 Å². The topological polar surface area (TPSA) is 41.1 Å². The van der Waals surface area contributed by atoms with Crippen molar-refractivity contribution >= 4 is 27.5 Å². The van der Waals surface area contributed by atoms with Gasteiger partial charge in [-0.15, -0.1) is 0 Å². The van der Waals surface area contributed by atoms with Gasteiger partial charge in [0.05, 0.1) is 12.2 Å². The third kappa shape index (κ3) is 4.48. The Bertz CT molecular complexity index is 391. The molecule has 0 heterocycles. The van der Waals surface area contributed by atoms with E-state index in [1.54, 1.807) is 0 Å². The zero-order valence-electron chi connectivity index (χ0n) is 9.71. The number of nitrogens with one attached hydrogen (secondary N) is 2. The third-order valence-electron chi connectivity index (χ3n) is 2.86. The van der Waals surface area contributed by atoms with Gasteiger partial charge in [-0.25, -0.2) is 0 Å². The molecule has 0 saturated heterocycles. The van der Waals surface area contributed by atoms with E-state index in [4.69, 9.17) is 0 Å². The number of para-hydroxylation sites is 1. The number of benzene rings is 1. The Morgan fingerprint density at radius 1 is 1.35 bits per heavy atom. The van der Waals surface area contributed by atoms with Gasteiger partial charge in [-0.05, 0) is 46.9 Å². The van der Waals surface area contributed by atoms with Crippen LogP contribution >= 0.6 is 15.9 Å². The lowest BCUT2D eigenvalue weighted by Gasteiger charge is -2.07. The van der Waals surface area contributed by atoms with Crippen molar-refractivity contribution in [1.82, 2.24) is 5.32 Å². The van der Waals surface area contributed by atoms with Crippen LogP contribution in [0.2, 0.25) is 0 Å². The van der Waals surface area contributed by atoms with Crippen molar-refractivity contribution in [2.45, 2.75) is 19.3 Å². The number of carbonyl (C=O) groups is 1. The Balaban J connectivity index is 1.67. The minimum absolute atomic E-state index is 0.00713. The maximum atomic E-state index is 11.6. The Labute approximate surface area is 110 Å². The predicted molar refractivity (Wildman–Crippen MR) is 73.0 cm³/mol. The van der Waals surface area contributed by atoms with Crippen LogP contribution in [-0.2, 0) is 4.79 Å². The summed E-state index contributed by atoms with van der Waals surface area (Å²) in [7, 11) is 0. The average molecular weight is 297 g/mol. The first-order valence-electron chi connectivity index (χ1n) is 6.01. The summed E-state index contributed by atoms with van der Waals surface area (Å²) in [5.41, 5.74) is 0.821. The van der Waals surface area contributed by atoms with Gasteiger partial charge in [0.1, 0.15) is 0 Å². The minimum Gasteiger partial charge on any atom is -0.324 e. The molecule has 0 aliphatic heterocycles. The van der Waals surface area contributed by atoms with Crippen molar-refractivity contribution in [3.63, 3.8) is 0 Å². The zero-order valence-corrected chi connectivity index (χ0v) is 11.3. The van der Waals surface area contributed by atoms with Crippen molar-refractivity contribution in [3.05, 3.63) is 28.7 Å². The molecular formula is C13H17BrN2O. The molecule has 1 aromatic carbocycles. The number of hydrogen-bond donors (Lipinski definition) is 2. The van der Waals surface area contributed by atoms with E-state index in [2.05, 4.69) is 26.6 Å². The van der Waals surface area contributed by atoms with Gasteiger partial charge in [-0.3, -0.25) is 4.79 Å². The molecule has 0 unspecified atom stereocenters. The Hall–Kier alpha value is -0.870. The van der Waals surface area contributed by atoms with Crippen LogP contribution in [0.5, 0.6) is 0 Å². The lowest BCUT2D eigenvalue weighted by molar-refractivity contribution is -0.115. The summed E-state index contributed by atoms with van der Waals surface area (Å²) >= 11 is 3.40. The second-order valence-corrected chi connectivity index (χ2v) is 5.29. The number of carbonyl (C=O) groups excluding carboxylic acids is 1. The number of amides is 1. The molecule has 0 spiro atoms. The molecule has 1 saturated carbocycles. The smallest absolute Gasteiger partial charge is 0.238 e. The van der Waals surface area contributed by atoms with Gasteiger partial charge >= 0.3 is 0 Å². The molecule has 0 bridgehead atoms. The van der Waals surface area contributed by atoms with Gasteiger partial charge in [-0.2, -0.15) is 0 Å². The predicted octanol–water partition coefficient (Wildman–Crippen LogP) is 2.78. The minimum atomic E-state index is 0.00713. The lowest BCUT2D eigenvalue weighted by Crippen LogP contribution is -2.29. The molecular weight excluding hydrogens is 280 g/mol. The van der Waals surface area contributed by atoms with E-state index in [9.17, 15) is 4.79 Å². The second kappa shape index (κ2) is 6.17. The summed E-state index contributed by atoms with van der Waals surface area (Å²) in [5, 5.41) is 6.03. The van der Waals surface area contributed by atoms with E-state index in [0.29, 0.717) is 6.54 Å². The van der Waals surface area contributed by atoms with Crippen LogP contribution in [0.15, 0.2) is 28.7 Å². The van der Waals surface area contributed by atoms with Crippen molar-refractivity contribution in [3.8, 4) is 0 Å². The normalized spacial score (nSPS) is 14.6. The summed E-state index contributed by atoms with van der Waals surface area (Å²) in [6.45, 7) is 1.32. The van der Waals surface area contributed by atoms with Gasteiger partial charge in [0, 0.05) is 4.47 Å². The average Bonchev–Trinajstić information content (AvgIpc) is 3.12. The van der Waals surface area contributed by atoms with Crippen LogP contribution in [0.1, 0.15) is 19.3 Å². The molecule has 1 fully saturated rings. The molecule has 17 heavy (non-hydrogen) atoms. The number of anilines is 1. The fourth-order valence-corrected chi connectivity index (χ4v) is 2.06. The summed E-state index contributed by atoms with van der Waals surface area (Å²) in [4.78, 5) is 11.6. The Morgan fingerprint density at radius 3 is 2.82 bits per heavy atom. The molecule has 0 radical (unpaired) electrons. The molecule has 2 rings (SSSR count). The SMILES string of the molecule is O=C(CNCCC1CC1)Nc1ccccc1Br. The molecule has 1 aliphatic rings.